The second-order valence-corrected chi connectivity index (χ2v) is 38.1. The van der Waals surface area contributed by atoms with E-state index in [1.54, 1.807) is 18.3 Å². The Morgan fingerprint density at radius 1 is 0.750 bits per heavy atom. The average Bonchev–Trinajstić information content (AvgIpc) is 2.29. The topological polar surface area (TPSA) is 0 Å². The first-order valence-corrected chi connectivity index (χ1v) is 21.0. The van der Waals surface area contributed by atoms with Gasteiger partial charge in [-0.2, -0.15) is 0 Å². The molecule has 1 aliphatic heterocycles. The Bertz CT molecular complexity index is 502. The molecule has 16 heavy (non-hydrogen) atoms. The van der Waals surface area contributed by atoms with Gasteiger partial charge in [-0.3, -0.25) is 0 Å². The van der Waals surface area contributed by atoms with Crippen LogP contribution in [0.2, 0.25) is 0 Å². The third-order valence-corrected chi connectivity index (χ3v) is 21.0. The van der Waals surface area contributed by atoms with Gasteiger partial charge in [-0.05, 0) is 0 Å². The molecule has 0 amide bonds. The predicted octanol–water partition coefficient (Wildman–Crippen LogP) is 3.02. The van der Waals surface area contributed by atoms with Gasteiger partial charge in [-0.15, -0.1) is 0 Å². The van der Waals surface area contributed by atoms with Gasteiger partial charge in [0, 0.05) is 0 Å². The van der Waals surface area contributed by atoms with Gasteiger partial charge in [0.15, 0.2) is 0 Å². The SMILES string of the molecule is I[Te]1(I)c2ccccc2Cc2ccccc21. The summed E-state index contributed by atoms with van der Waals surface area (Å²) < 4.78 is 3.29. The second-order valence-electron chi connectivity index (χ2n) is 3.86. The van der Waals surface area contributed by atoms with Crippen molar-refractivity contribution in [1.29, 1.82) is 0 Å². The van der Waals surface area contributed by atoms with Gasteiger partial charge >= 0.3 is 121 Å². The summed E-state index contributed by atoms with van der Waals surface area (Å²) in [5.41, 5.74) is 3.09. The van der Waals surface area contributed by atoms with Gasteiger partial charge in [-0.1, -0.05) is 0 Å². The van der Waals surface area contributed by atoms with Gasteiger partial charge in [0.2, 0.25) is 0 Å². The van der Waals surface area contributed by atoms with Gasteiger partial charge in [0.25, 0.3) is 0 Å². The van der Waals surface area contributed by atoms with Gasteiger partial charge < -0.3 is 0 Å². The Morgan fingerprint density at radius 2 is 1.19 bits per heavy atom. The summed E-state index contributed by atoms with van der Waals surface area (Å²) >= 11 is 5.50. The Hall–Kier alpha value is 0.690. The van der Waals surface area contributed by atoms with Crippen molar-refractivity contribution in [3.8, 4) is 0 Å². The minimum absolute atomic E-state index is 1.12. The van der Waals surface area contributed by atoms with Crippen molar-refractivity contribution < 1.29 is 0 Å². The molecule has 0 aromatic heterocycles. The standard InChI is InChI=1S/C13H10I2Te/c14-16(15)12-7-3-1-5-10(12)9-11-6-2-4-8-13(11)16/h1-8H,9H2. The molecule has 0 atom stereocenters. The molecule has 0 saturated carbocycles. The molecule has 3 rings (SSSR count). The van der Waals surface area contributed by atoms with Crippen molar-refractivity contribution in [3.05, 3.63) is 59.7 Å². The van der Waals surface area contributed by atoms with Gasteiger partial charge in [0.1, 0.15) is 0 Å². The summed E-state index contributed by atoms with van der Waals surface area (Å²) in [6.07, 6.45) is 1.12. The Balaban J connectivity index is 2.28. The second kappa shape index (κ2) is 4.42. The van der Waals surface area contributed by atoms with Crippen molar-refractivity contribution in [2.45, 2.75) is 6.42 Å². The van der Waals surface area contributed by atoms with Crippen LogP contribution in [0.15, 0.2) is 48.5 Å². The summed E-state index contributed by atoms with van der Waals surface area (Å²) in [7, 11) is -2.07. The zero-order chi connectivity index (χ0) is 11.2. The Morgan fingerprint density at radius 3 is 1.69 bits per heavy atom. The van der Waals surface area contributed by atoms with Crippen LogP contribution in [0.1, 0.15) is 11.1 Å². The van der Waals surface area contributed by atoms with Crippen molar-refractivity contribution in [2.75, 3.05) is 0 Å². The summed E-state index contributed by atoms with van der Waals surface area (Å²) in [5, 5.41) is 0. The maximum absolute atomic E-state index is 2.75. The molecule has 0 aliphatic carbocycles. The number of hydrogen-bond acceptors (Lipinski definition) is 0. The predicted molar refractivity (Wildman–Crippen MR) is 88.8 cm³/mol. The van der Waals surface area contributed by atoms with Gasteiger partial charge in [0.05, 0.1) is 0 Å². The van der Waals surface area contributed by atoms with Crippen molar-refractivity contribution >= 4 is 54.9 Å². The Labute approximate surface area is 119 Å². The fourth-order valence-electron chi connectivity index (χ4n) is 2.12. The van der Waals surface area contributed by atoms with Crippen LogP contribution in [-0.4, -0.2) is 10.3 Å². The number of benzene rings is 2. The normalized spacial score (nSPS) is 18.4. The quantitative estimate of drug-likeness (QED) is 0.352. The van der Waals surface area contributed by atoms with E-state index in [0.29, 0.717) is 0 Å². The molecular formula is C13H10I2Te. The monoisotopic (exact) mass is 550 g/mol. The van der Waals surface area contributed by atoms with Crippen molar-refractivity contribution in [2.24, 2.45) is 0 Å². The molecule has 1 heterocycles. The van der Waals surface area contributed by atoms with Crippen LogP contribution in [0, 0.1) is 0 Å². The van der Waals surface area contributed by atoms with Crippen LogP contribution in [0.5, 0.6) is 0 Å². The summed E-state index contributed by atoms with van der Waals surface area (Å²) in [5.74, 6) is 0. The van der Waals surface area contributed by atoms with E-state index in [1.807, 2.05) is 0 Å². The molecule has 0 bridgehead atoms. The van der Waals surface area contributed by atoms with E-state index >= 15 is 0 Å². The van der Waals surface area contributed by atoms with Crippen LogP contribution in [0.4, 0.5) is 0 Å². The summed E-state index contributed by atoms with van der Waals surface area (Å²) in [4.78, 5) is 0. The fraction of sp³-hybridized carbons (Fsp3) is 0.0769. The number of hydrogen-bond donors (Lipinski definition) is 0. The zero-order valence-corrected chi connectivity index (χ0v) is 15.1. The zero-order valence-electron chi connectivity index (χ0n) is 8.49. The van der Waals surface area contributed by atoms with E-state index in [1.165, 1.54) is 0 Å². The molecule has 0 unspecified atom stereocenters. The van der Waals surface area contributed by atoms with E-state index in [4.69, 9.17) is 0 Å². The summed E-state index contributed by atoms with van der Waals surface area (Å²) in [6, 6.07) is 18.0. The van der Waals surface area contributed by atoms with Crippen LogP contribution in [-0.2, 0) is 6.42 Å². The molecule has 3 heteroatoms. The third kappa shape index (κ3) is 1.84. The molecule has 0 spiro atoms. The van der Waals surface area contributed by atoms with E-state index in [-0.39, 0.29) is 0 Å². The Kier molecular flexibility index (Phi) is 3.25. The maximum atomic E-state index is 2.75. The van der Waals surface area contributed by atoms with E-state index in [0.717, 1.165) is 6.42 Å². The van der Waals surface area contributed by atoms with Crippen molar-refractivity contribution in [3.63, 3.8) is 0 Å². The molecular weight excluding hydrogens is 538 g/mol. The molecule has 0 fully saturated rings. The molecule has 2 aromatic carbocycles. The van der Waals surface area contributed by atoms with E-state index in [9.17, 15) is 0 Å². The molecule has 0 nitrogen and oxygen atoms in total. The number of halogens is 2. The first kappa shape index (κ1) is 11.8. The minimum atomic E-state index is -2.07. The van der Waals surface area contributed by atoms with Crippen LogP contribution >= 0.6 is 37.4 Å². The number of rotatable bonds is 0. The number of fused-ring (bicyclic) bond motifs is 2. The summed E-state index contributed by atoms with van der Waals surface area (Å²) in [6.45, 7) is 0. The molecule has 0 N–H and O–H groups in total. The van der Waals surface area contributed by atoms with Crippen LogP contribution in [0.3, 0.4) is 0 Å². The third-order valence-electron chi connectivity index (χ3n) is 2.88. The van der Waals surface area contributed by atoms with Crippen LogP contribution in [0.25, 0.3) is 0 Å². The van der Waals surface area contributed by atoms with E-state index < -0.39 is 10.3 Å². The van der Waals surface area contributed by atoms with Crippen LogP contribution < -0.4 is 7.22 Å². The molecule has 0 saturated heterocycles. The molecule has 82 valence electrons. The average molecular weight is 548 g/mol. The molecule has 2 aromatic rings. The first-order valence-electron chi connectivity index (χ1n) is 5.08. The van der Waals surface area contributed by atoms with Gasteiger partial charge in [-0.25, -0.2) is 0 Å². The first-order chi connectivity index (χ1) is 7.69. The van der Waals surface area contributed by atoms with Crippen molar-refractivity contribution in [1.82, 2.24) is 0 Å². The molecule has 0 radical (unpaired) electrons. The molecule has 1 aliphatic rings. The fourth-order valence-corrected chi connectivity index (χ4v) is 18.4. The van der Waals surface area contributed by atoms with E-state index in [2.05, 4.69) is 85.9 Å².